The van der Waals surface area contributed by atoms with E-state index < -0.39 is 0 Å². The predicted octanol–water partition coefficient (Wildman–Crippen LogP) is 1.27. The first-order chi connectivity index (χ1) is 4.13. The summed E-state index contributed by atoms with van der Waals surface area (Å²) in [6.07, 6.45) is 0.896. The van der Waals surface area contributed by atoms with E-state index >= 15 is 0 Å². The summed E-state index contributed by atoms with van der Waals surface area (Å²) in [7, 11) is 0. The quantitative estimate of drug-likeness (QED) is 0.580. The lowest BCUT2D eigenvalue weighted by Gasteiger charge is -2.06. The molecule has 0 aliphatic heterocycles. The Kier molecular flexibility index (Phi) is 4.14. The Hall–Kier alpha value is -0.500. The molecule has 0 aromatic carbocycles. The summed E-state index contributed by atoms with van der Waals surface area (Å²) in [5.41, 5.74) is 5.47. The van der Waals surface area contributed by atoms with Gasteiger partial charge in [0.25, 0.3) is 0 Å². The smallest absolute Gasteiger partial charge is 0.0891 e. The predicted molar refractivity (Wildman–Crippen MR) is 39.0 cm³/mol. The molecular weight excluding hydrogens is 114 g/mol. The van der Waals surface area contributed by atoms with Gasteiger partial charge in [-0.25, -0.2) is 0 Å². The van der Waals surface area contributed by atoms with Gasteiger partial charge in [0.2, 0.25) is 0 Å². The molecule has 0 aliphatic carbocycles. The van der Waals surface area contributed by atoms with Gasteiger partial charge < -0.3 is 10.5 Å². The zero-order valence-corrected chi connectivity index (χ0v) is 6.18. The third-order valence-electron chi connectivity index (χ3n) is 0.922. The van der Waals surface area contributed by atoms with Gasteiger partial charge in [-0.2, -0.15) is 0 Å². The molecule has 1 atom stereocenters. The Labute approximate surface area is 56.7 Å². The lowest BCUT2D eigenvalue weighted by atomic mass is 10.3. The van der Waals surface area contributed by atoms with Gasteiger partial charge in [-0.3, -0.25) is 0 Å². The van der Waals surface area contributed by atoms with Crippen LogP contribution in [0.2, 0.25) is 0 Å². The fourth-order valence-electron chi connectivity index (χ4n) is 0.419. The molecule has 0 aliphatic rings. The van der Waals surface area contributed by atoms with Crippen LogP contribution in [0.1, 0.15) is 20.3 Å². The Morgan fingerprint density at radius 2 is 2.33 bits per heavy atom. The SMILES string of the molecule is C=C(C)OCCC(C)N. The molecule has 54 valence electrons. The fourth-order valence-corrected chi connectivity index (χ4v) is 0.419. The van der Waals surface area contributed by atoms with Gasteiger partial charge in [-0.15, -0.1) is 0 Å². The van der Waals surface area contributed by atoms with E-state index in [4.69, 9.17) is 10.5 Å². The van der Waals surface area contributed by atoms with Crippen molar-refractivity contribution in [3.63, 3.8) is 0 Å². The molecule has 0 saturated heterocycles. The standard InChI is InChI=1S/C7H15NO/c1-6(2)9-5-4-7(3)8/h7H,1,4-5,8H2,2-3H3. The van der Waals surface area contributed by atoms with E-state index in [9.17, 15) is 0 Å². The highest BCUT2D eigenvalue weighted by Crippen LogP contribution is 1.93. The second-order valence-electron chi connectivity index (χ2n) is 2.32. The first-order valence-electron chi connectivity index (χ1n) is 3.17. The highest BCUT2D eigenvalue weighted by Gasteiger charge is 1.92. The van der Waals surface area contributed by atoms with Crippen LogP contribution >= 0.6 is 0 Å². The minimum Gasteiger partial charge on any atom is -0.499 e. The van der Waals surface area contributed by atoms with Gasteiger partial charge in [-0.05, 0) is 20.3 Å². The maximum atomic E-state index is 5.47. The number of allylic oxidation sites excluding steroid dienone is 1. The van der Waals surface area contributed by atoms with Crippen molar-refractivity contribution in [2.24, 2.45) is 5.73 Å². The minimum atomic E-state index is 0.226. The number of ether oxygens (including phenoxy) is 1. The molecule has 0 aromatic rings. The van der Waals surface area contributed by atoms with Gasteiger partial charge >= 0.3 is 0 Å². The van der Waals surface area contributed by atoms with Crippen molar-refractivity contribution in [1.29, 1.82) is 0 Å². The highest BCUT2D eigenvalue weighted by atomic mass is 16.5. The first kappa shape index (κ1) is 8.50. The van der Waals surface area contributed by atoms with Crippen LogP contribution in [0.15, 0.2) is 12.3 Å². The fraction of sp³-hybridized carbons (Fsp3) is 0.714. The van der Waals surface area contributed by atoms with Crippen LogP contribution in [-0.4, -0.2) is 12.6 Å². The van der Waals surface area contributed by atoms with Gasteiger partial charge in [0.1, 0.15) is 0 Å². The van der Waals surface area contributed by atoms with Crippen LogP contribution < -0.4 is 5.73 Å². The maximum absolute atomic E-state index is 5.47. The zero-order valence-electron chi connectivity index (χ0n) is 6.18. The monoisotopic (exact) mass is 129 g/mol. The summed E-state index contributed by atoms with van der Waals surface area (Å²) >= 11 is 0. The van der Waals surface area contributed by atoms with Crippen LogP contribution in [0.25, 0.3) is 0 Å². The van der Waals surface area contributed by atoms with E-state index in [1.165, 1.54) is 0 Å². The number of hydrogen-bond donors (Lipinski definition) is 1. The maximum Gasteiger partial charge on any atom is 0.0891 e. The van der Waals surface area contributed by atoms with Crippen molar-refractivity contribution in [3.8, 4) is 0 Å². The summed E-state index contributed by atoms with van der Waals surface area (Å²) < 4.78 is 5.08. The average Bonchev–Trinajstić information content (AvgIpc) is 1.63. The van der Waals surface area contributed by atoms with Gasteiger partial charge in [0, 0.05) is 6.04 Å². The number of nitrogens with two attached hydrogens (primary N) is 1. The van der Waals surface area contributed by atoms with Crippen LogP contribution in [0.3, 0.4) is 0 Å². The molecule has 2 heteroatoms. The van der Waals surface area contributed by atoms with Crippen LogP contribution in [0, 0.1) is 0 Å². The number of rotatable bonds is 4. The van der Waals surface area contributed by atoms with Crippen molar-refractivity contribution < 1.29 is 4.74 Å². The van der Waals surface area contributed by atoms with E-state index in [0.29, 0.717) is 6.61 Å². The summed E-state index contributed by atoms with van der Waals surface area (Å²) in [6.45, 7) is 8.07. The minimum absolute atomic E-state index is 0.226. The Morgan fingerprint density at radius 1 is 1.78 bits per heavy atom. The average molecular weight is 129 g/mol. The summed E-state index contributed by atoms with van der Waals surface area (Å²) in [5.74, 6) is 0.760. The molecule has 2 nitrogen and oxygen atoms in total. The van der Waals surface area contributed by atoms with Crippen LogP contribution in [0.4, 0.5) is 0 Å². The Morgan fingerprint density at radius 3 is 2.67 bits per heavy atom. The van der Waals surface area contributed by atoms with Crippen LogP contribution in [-0.2, 0) is 4.74 Å². The molecule has 0 amide bonds. The summed E-state index contributed by atoms with van der Waals surface area (Å²) in [5, 5.41) is 0. The van der Waals surface area contributed by atoms with Crippen molar-refractivity contribution in [2.75, 3.05) is 6.61 Å². The zero-order chi connectivity index (χ0) is 7.28. The molecule has 0 fully saturated rings. The van der Waals surface area contributed by atoms with E-state index in [1.807, 2.05) is 13.8 Å². The molecule has 0 radical (unpaired) electrons. The molecule has 0 saturated carbocycles. The lowest BCUT2D eigenvalue weighted by molar-refractivity contribution is 0.206. The Bertz CT molecular complexity index is 88.9. The number of hydrogen-bond acceptors (Lipinski definition) is 2. The Balaban J connectivity index is 3.01. The van der Waals surface area contributed by atoms with E-state index in [2.05, 4.69) is 6.58 Å². The molecule has 0 spiro atoms. The molecule has 0 rings (SSSR count). The van der Waals surface area contributed by atoms with E-state index in [0.717, 1.165) is 12.2 Å². The molecule has 0 aromatic heterocycles. The van der Waals surface area contributed by atoms with Gasteiger partial charge in [0.05, 0.1) is 12.4 Å². The van der Waals surface area contributed by atoms with E-state index in [-0.39, 0.29) is 6.04 Å². The van der Waals surface area contributed by atoms with Gasteiger partial charge in [-0.1, -0.05) is 6.58 Å². The first-order valence-corrected chi connectivity index (χ1v) is 3.17. The normalized spacial score (nSPS) is 12.8. The second-order valence-corrected chi connectivity index (χ2v) is 2.32. The molecule has 0 bridgehead atoms. The van der Waals surface area contributed by atoms with Crippen LogP contribution in [0.5, 0.6) is 0 Å². The highest BCUT2D eigenvalue weighted by molar-refractivity contribution is 4.73. The molecule has 9 heavy (non-hydrogen) atoms. The largest absolute Gasteiger partial charge is 0.499 e. The topological polar surface area (TPSA) is 35.2 Å². The third kappa shape index (κ3) is 7.50. The third-order valence-corrected chi connectivity index (χ3v) is 0.922. The summed E-state index contributed by atoms with van der Waals surface area (Å²) in [6, 6.07) is 0.226. The van der Waals surface area contributed by atoms with Gasteiger partial charge in [0.15, 0.2) is 0 Å². The molecule has 0 heterocycles. The molecule has 2 N–H and O–H groups in total. The second kappa shape index (κ2) is 4.39. The summed E-state index contributed by atoms with van der Waals surface area (Å²) in [4.78, 5) is 0. The van der Waals surface area contributed by atoms with Crippen molar-refractivity contribution >= 4 is 0 Å². The molecule has 1 unspecified atom stereocenters. The van der Waals surface area contributed by atoms with Crippen molar-refractivity contribution in [2.45, 2.75) is 26.3 Å². The molecular formula is C7H15NO. The van der Waals surface area contributed by atoms with E-state index in [1.54, 1.807) is 0 Å². The van der Waals surface area contributed by atoms with Crippen molar-refractivity contribution in [3.05, 3.63) is 12.3 Å². The van der Waals surface area contributed by atoms with Crippen molar-refractivity contribution in [1.82, 2.24) is 0 Å². The lowest BCUT2D eigenvalue weighted by Crippen LogP contribution is -2.16.